The lowest BCUT2D eigenvalue weighted by Gasteiger charge is -2.32. The second-order valence-electron chi connectivity index (χ2n) is 4.44. The summed E-state index contributed by atoms with van der Waals surface area (Å²) in [5.41, 5.74) is 3.04. The third-order valence-corrected chi connectivity index (χ3v) is 3.84. The highest BCUT2D eigenvalue weighted by Gasteiger charge is 2.21. The maximum absolute atomic E-state index is 13.5. The van der Waals surface area contributed by atoms with Gasteiger partial charge in [0.15, 0.2) is 0 Å². The Bertz CT molecular complexity index is 492. The average Bonchev–Trinajstić information content (AvgIpc) is 2.36. The largest absolute Gasteiger partial charge is 0.313 e. The molecule has 1 aromatic carbocycles. The van der Waals surface area contributed by atoms with E-state index in [0.717, 1.165) is 26.2 Å². The van der Waals surface area contributed by atoms with E-state index >= 15 is 0 Å². The van der Waals surface area contributed by atoms with Gasteiger partial charge in [-0.2, -0.15) is 0 Å². The van der Waals surface area contributed by atoms with Crippen molar-refractivity contribution in [3.63, 3.8) is 0 Å². The van der Waals surface area contributed by atoms with Gasteiger partial charge in [-0.15, -0.1) is 0 Å². The summed E-state index contributed by atoms with van der Waals surface area (Å²) in [7, 11) is 2.02. The fraction of sp³-hybridized carbons (Fsp3) is 0.455. The Morgan fingerprint density at radius 2 is 2.00 bits per heavy atom. The van der Waals surface area contributed by atoms with Crippen LogP contribution in [0.2, 0.25) is 0 Å². The summed E-state index contributed by atoms with van der Waals surface area (Å²) < 4.78 is 13.8. The number of likely N-dealkylation sites (N-methyl/N-ethyl adjacent to an activating group) is 1. The van der Waals surface area contributed by atoms with Gasteiger partial charge in [-0.25, -0.2) is 9.40 Å². The first kappa shape index (κ1) is 14.4. The van der Waals surface area contributed by atoms with Gasteiger partial charge in [0.2, 0.25) is 0 Å². The maximum Gasteiger partial charge on any atom is 0.294 e. The lowest BCUT2D eigenvalue weighted by molar-refractivity contribution is -0.384. The Labute approximate surface area is 123 Å². The molecule has 1 aliphatic heterocycles. The zero-order valence-corrected chi connectivity index (χ0v) is 12.6. The topological polar surface area (TPSA) is 61.6 Å². The SMILES string of the molecule is CN1CCN(Nc2cc(F)c(I)cc2[N+](=O)[O-])CC1. The van der Waals surface area contributed by atoms with Crippen LogP contribution in [0.3, 0.4) is 0 Å². The number of hydrogen-bond acceptors (Lipinski definition) is 5. The Kier molecular flexibility index (Phi) is 4.53. The molecule has 0 spiro atoms. The van der Waals surface area contributed by atoms with Crippen molar-refractivity contribution in [1.29, 1.82) is 0 Å². The van der Waals surface area contributed by atoms with Crippen LogP contribution in [0.25, 0.3) is 0 Å². The molecule has 1 heterocycles. The first-order chi connectivity index (χ1) is 8.97. The first-order valence-corrected chi connectivity index (χ1v) is 6.89. The van der Waals surface area contributed by atoms with E-state index in [1.807, 2.05) is 12.1 Å². The van der Waals surface area contributed by atoms with E-state index in [4.69, 9.17) is 0 Å². The Balaban J connectivity index is 2.19. The van der Waals surface area contributed by atoms with Crippen LogP contribution in [0.4, 0.5) is 15.8 Å². The number of anilines is 1. The zero-order chi connectivity index (χ0) is 14.0. The molecule has 0 aromatic heterocycles. The minimum atomic E-state index is -0.500. The molecule has 1 fully saturated rings. The molecule has 0 aliphatic carbocycles. The molecule has 0 unspecified atom stereocenters. The number of hydrazine groups is 1. The fourth-order valence-corrected chi connectivity index (χ4v) is 2.32. The minimum Gasteiger partial charge on any atom is -0.313 e. The predicted molar refractivity (Wildman–Crippen MR) is 78.5 cm³/mol. The molecule has 0 atom stereocenters. The standard InChI is InChI=1S/C11H14FIN4O2/c1-15-2-4-16(5-3-15)14-10-6-8(12)9(13)7-11(10)17(18)19/h6-7,14H,2-5H2,1H3. The highest BCUT2D eigenvalue weighted by Crippen LogP contribution is 2.29. The van der Waals surface area contributed by atoms with Crippen LogP contribution in [-0.4, -0.2) is 48.1 Å². The van der Waals surface area contributed by atoms with E-state index in [1.54, 1.807) is 22.6 Å². The number of nitro benzene ring substituents is 1. The molecule has 0 saturated carbocycles. The number of nitro groups is 1. The van der Waals surface area contributed by atoms with Gasteiger partial charge in [-0.3, -0.25) is 10.1 Å². The third kappa shape index (κ3) is 3.51. The van der Waals surface area contributed by atoms with E-state index < -0.39 is 10.7 Å². The molecule has 1 saturated heterocycles. The quantitative estimate of drug-likeness (QED) is 0.493. The summed E-state index contributed by atoms with van der Waals surface area (Å²) in [4.78, 5) is 12.7. The second kappa shape index (κ2) is 5.97. The van der Waals surface area contributed by atoms with Crippen LogP contribution in [0, 0.1) is 19.5 Å². The molecule has 8 heteroatoms. The lowest BCUT2D eigenvalue weighted by atomic mass is 10.2. The lowest BCUT2D eigenvalue weighted by Crippen LogP contribution is -2.47. The van der Waals surface area contributed by atoms with Gasteiger partial charge in [0.05, 0.1) is 8.49 Å². The number of nitrogens with one attached hydrogen (secondary N) is 1. The molecule has 0 radical (unpaired) electrons. The van der Waals surface area contributed by atoms with Crippen molar-refractivity contribution < 1.29 is 9.31 Å². The van der Waals surface area contributed by atoms with Crippen molar-refractivity contribution >= 4 is 34.0 Å². The van der Waals surface area contributed by atoms with Gasteiger partial charge in [0.25, 0.3) is 5.69 Å². The van der Waals surface area contributed by atoms with E-state index in [9.17, 15) is 14.5 Å². The van der Waals surface area contributed by atoms with Crippen molar-refractivity contribution in [3.8, 4) is 0 Å². The summed E-state index contributed by atoms with van der Waals surface area (Å²) in [6.45, 7) is 3.21. The molecule has 2 rings (SSSR count). The van der Waals surface area contributed by atoms with Crippen molar-refractivity contribution in [2.24, 2.45) is 0 Å². The van der Waals surface area contributed by atoms with Crippen LogP contribution < -0.4 is 5.43 Å². The summed E-state index contributed by atoms with van der Waals surface area (Å²) in [5, 5.41) is 12.9. The maximum atomic E-state index is 13.5. The van der Waals surface area contributed by atoms with Gasteiger partial charge >= 0.3 is 0 Å². The monoisotopic (exact) mass is 380 g/mol. The van der Waals surface area contributed by atoms with E-state index in [1.165, 1.54) is 12.1 Å². The zero-order valence-electron chi connectivity index (χ0n) is 10.4. The average molecular weight is 380 g/mol. The number of rotatable bonds is 3. The van der Waals surface area contributed by atoms with Crippen molar-refractivity contribution in [1.82, 2.24) is 9.91 Å². The molecular formula is C11H14FIN4O2. The Morgan fingerprint density at radius 3 is 2.58 bits per heavy atom. The Hall–Kier alpha value is -1.00. The van der Waals surface area contributed by atoms with Crippen molar-refractivity contribution in [2.45, 2.75) is 0 Å². The van der Waals surface area contributed by atoms with E-state index in [-0.39, 0.29) is 14.9 Å². The van der Waals surface area contributed by atoms with E-state index in [0.29, 0.717) is 0 Å². The molecule has 0 bridgehead atoms. The van der Waals surface area contributed by atoms with Gasteiger partial charge in [0.1, 0.15) is 11.5 Å². The molecule has 104 valence electrons. The summed E-state index contributed by atoms with van der Waals surface area (Å²) in [6, 6.07) is 2.42. The molecule has 1 N–H and O–H groups in total. The van der Waals surface area contributed by atoms with Gasteiger partial charge in [0, 0.05) is 38.3 Å². The van der Waals surface area contributed by atoms with Crippen LogP contribution >= 0.6 is 22.6 Å². The normalized spacial score (nSPS) is 17.4. The smallest absolute Gasteiger partial charge is 0.294 e. The van der Waals surface area contributed by atoms with Crippen LogP contribution in [0.15, 0.2) is 12.1 Å². The molecule has 1 aromatic rings. The summed E-state index contributed by atoms with van der Waals surface area (Å²) in [6.07, 6.45) is 0. The van der Waals surface area contributed by atoms with Gasteiger partial charge in [-0.1, -0.05) is 0 Å². The summed E-state index contributed by atoms with van der Waals surface area (Å²) in [5.74, 6) is -0.456. The number of halogens is 2. The summed E-state index contributed by atoms with van der Waals surface area (Å²) >= 11 is 1.75. The van der Waals surface area contributed by atoms with Crippen molar-refractivity contribution in [2.75, 3.05) is 38.7 Å². The second-order valence-corrected chi connectivity index (χ2v) is 5.60. The van der Waals surface area contributed by atoms with Gasteiger partial charge < -0.3 is 10.3 Å². The highest BCUT2D eigenvalue weighted by atomic mass is 127. The fourth-order valence-electron chi connectivity index (χ4n) is 1.87. The molecule has 1 aliphatic rings. The first-order valence-electron chi connectivity index (χ1n) is 5.81. The predicted octanol–water partition coefficient (Wildman–Crippen LogP) is 1.91. The number of nitrogens with zero attached hydrogens (tertiary/aromatic N) is 3. The number of hydrogen-bond donors (Lipinski definition) is 1. The highest BCUT2D eigenvalue weighted by molar-refractivity contribution is 14.1. The molecule has 19 heavy (non-hydrogen) atoms. The molecule has 6 nitrogen and oxygen atoms in total. The van der Waals surface area contributed by atoms with Crippen LogP contribution in [-0.2, 0) is 0 Å². The minimum absolute atomic E-state index is 0.107. The Morgan fingerprint density at radius 1 is 1.37 bits per heavy atom. The van der Waals surface area contributed by atoms with Crippen LogP contribution in [0.5, 0.6) is 0 Å². The number of piperazine rings is 1. The van der Waals surface area contributed by atoms with Crippen molar-refractivity contribution in [3.05, 3.63) is 31.6 Å². The van der Waals surface area contributed by atoms with Crippen LogP contribution in [0.1, 0.15) is 0 Å². The van der Waals surface area contributed by atoms with Gasteiger partial charge in [-0.05, 0) is 29.6 Å². The molecular weight excluding hydrogens is 366 g/mol. The van der Waals surface area contributed by atoms with E-state index in [2.05, 4.69) is 10.3 Å². The number of benzene rings is 1. The third-order valence-electron chi connectivity index (χ3n) is 3.02. The molecule has 0 amide bonds.